The van der Waals surface area contributed by atoms with E-state index >= 15 is 0 Å². The highest BCUT2D eigenvalue weighted by Gasteiger charge is 2.42. The summed E-state index contributed by atoms with van der Waals surface area (Å²) in [6, 6.07) is 11.0. The Morgan fingerprint density at radius 3 is 2.43 bits per heavy atom. The number of fused-ring (bicyclic) bond motifs is 2. The molecule has 156 valence electrons. The largest absolute Gasteiger partial charge is 0.450 e. The van der Waals surface area contributed by atoms with Crippen molar-refractivity contribution in [1.82, 2.24) is 9.80 Å². The number of carbonyl (C=O) groups excluding carboxylic acids is 1. The molecular weight excluding hydrogens is 383 g/mol. The highest BCUT2D eigenvalue weighted by molar-refractivity contribution is 5.99. The van der Waals surface area contributed by atoms with Gasteiger partial charge in [0.05, 0.1) is 17.0 Å². The zero-order valence-corrected chi connectivity index (χ0v) is 17.4. The van der Waals surface area contributed by atoms with E-state index in [4.69, 9.17) is 4.42 Å². The first-order valence-corrected chi connectivity index (χ1v) is 10.3. The lowest BCUT2D eigenvalue weighted by Gasteiger charge is -2.28. The second kappa shape index (κ2) is 8.03. The first-order chi connectivity index (χ1) is 14.4. The maximum Gasteiger partial charge on any atom is 0.290 e. The lowest BCUT2D eigenvalue weighted by molar-refractivity contribution is 0.0708. The third kappa shape index (κ3) is 3.41. The Kier molecular flexibility index (Phi) is 5.43. The molecule has 4 rings (SSSR count). The minimum absolute atomic E-state index is 0.0595. The molecule has 6 heteroatoms. The molecular formula is C24H25FN2O3. The predicted octanol–water partition coefficient (Wildman–Crippen LogP) is 4.13. The Balaban J connectivity index is 1.87. The number of hydrogen-bond donors (Lipinski definition) is 0. The fourth-order valence-corrected chi connectivity index (χ4v) is 4.11. The van der Waals surface area contributed by atoms with E-state index in [-0.39, 0.29) is 28.1 Å². The van der Waals surface area contributed by atoms with Crippen LogP contribution in [0.15, 0.2) is 51.7 Å². The van der Waals surface area contributed by atoms with Crippen molar-refractivity contribution >= 4 is 16.9 Å². The molecule has 0 N–H and O–H groups in total. The van der Waals surface area contributed by atoms with Crippen molar-refractivity contribution in [2.75, 3.05) is 26.2 Å². The molecule has 30 heavy (non-hydrogen) atoms. The summed E-state index contributed by atoms with van der Waals surface area (Å²) in [6.45, 7) is 9.05. The van der Waals surface area contributed by atoms with Crippen LogP contribution in [-0.2, 0) is 0 Å². The van der Waals surface area contributed by atoms with Crippen LogP contribution in [0.5, 0.6) is 0 Å². The van der Waals surface area contributed by atoms with E-state index in [0.717, 1.165) is 24.2 Å². The SMILES string of the molecule is CCN(CC)CCN1C(=O)c2oc3ccc(F)cc3c(=O)c2C1c1ccc(C)cc1. The standard InChI is InChI=1S/C24H25FN2O3/c1-4-26(5-2)12-13-27-21(16-8-6-15(3)7-9-16)20-22(28)18-14-17(25)10-11-19(18)30-23(20)24(27)29/h6-11,14,21H,4-5,12-13H2,1-3H3. The van der Waals surface area contributed by atoms with E-state index in [1.165, 1.54) is 18.2 Å². The van der Waals surface area contributed by atoms with Crippen molar-refractivity contribution in [3.05, 3.63) is 81.0 Å². The number of amides is 1. The lowest BCUT2D eigenvalue weighted by Crippen LogP contribution is -2.37. The van der Waals surface area contributed by atoms with Gasteiger partial charge in [-0.05, 0) is 43.8 Å². The Hall–Kier alpha value is -2.99. The molecule has 1 amide bonds. The van der Waals surface area contributed by atoms with Crippen molar-refractivity contribution in [2.45, 2.75) is 26.8 Å². The molecule has 0 fully saturated rings. The molecule has 1 aromatic heterocycles. The minimum atomic E-state index is -0.549. The normalized spacial score (nSPS) is 16.0. The average molecular weight is 408 g/mol. The van der Waals surface area contributed by atoms with E-state index in [2.05, 4.69) is 18.7 Å². The number of rotatable bonds is 6. The average Bonchev–Trinajstić information content (AvgIpc) is 3.02. The number of benzene rings is 2. The van der Waals surface area contributed by atoms with E-state index < -0.39 is 11.9 Å². The second-order valence-corrected chi connectivity index (χ2v) is 7.65. The van der Waals surface area contributed by atoms with Gasteiger partial charge in [0.15, 0.2) is 5.43 Å². The van der Waals surface area contributed by atoms with Gasteiger partial charge in [0.1, 0.15) is 11.4 Å². The summed E-state index contributed by atoms with van der Waals surface area (Å²) in [5, 5.41) is 0.157. The van der Waals surface area contributed by atoms with Gasteiger partial charge in [-0.1, -0.05) is 43.7 Å². The van der Waals surface area contributed by atoms with Gasteiger partial charge in [0.25, 0.3) is 5.91 Å². The Bertz CT molecular complexity index is 1150. The summed E-state index contributed by atoms with van der Waals surface area (Å²) in [4.78, 5) is 30.6. The number of halogens is 1. The zero-order valence-electron chi connectivity index (χ0n) is 17.4. The summed E-state index contributed by atoms with van der Waals surface area (Å²) in [5.74, 6) is -0.750. The number of likely N-dealkylation sites (N-methyl/N-ethyl adjacent to an activating group) is 1. The molecule has 2 aromatic carbocycles. The van der Waals surface area contributed by atoms with Crippen molar-refractivity contribution in [3.8, 4) is 0 Å². The van der Waals surface area contributed by atoms with Crippen molar-refractivity contribution < 1.29 is 13.6 Å². The Morgan fingerprint density at radius 1 is 1.07 bits per heavy atom. The zero-order chi connectivity index (χ0) is 21.4. The highest BCUT2D eigenvalue weighted by atomic mass is 19.1. The smallest absolute Gasteiger partial charge is 0.290 e. The highest BCUT2D eigenvalue weighted by Crippen LogP contribution is 2.38. The first-order valence-electron chi connectivity index (χ1n) is 10.3. The van der Waals surface area contributed by atoms with Gasteiger partial charge >= 0.3 is 0 Å². The number of carbonyl (C=O) groups is 1. The van der Waals surface area contributed by atoms with Crippen LogP contribution in [0.1, 0.15) is 47.1 Å². The van der Waals surface area contributed by atoms with Gasteiger partial charge in [-0.2, -0.15) is 0 Å². The van der Waals surface area contributed by atoms with E-state index in [1.807, 2.05) is 31.2 Å². The topological polar surface area (TPSA) is 53.8 Å². The fraction of sp³-hybridized carbons (Fsp3) is 0.333. The maximum absolute atomic E-state index is 13.8. The minimum Gasteiger partial charge on any atom is -0.450 e. The molecule has 2 heterocycles. The van der Waals surface area contributed by atoms with Crippen molar-refractivity contribution in [3.63, 3.8) is 0 Å². The van der Waals surface area contributed by atoms with Crippen molar-refractivity contribution in [2.24, 2.45) is 0 Å². The summed E-state index contributed by atoms with van der Waals surface area (Å²) >= 11 is 0. The van der Waals surface area contributed by atoms with Gasteiger partial charge in [0.2, 0.25) is 5.76 Å². The van der Waals surface area contributed by atoms with Crippen LogP contribution < -0.4 is 5.43 Å². The second-order valence-electron chi connectivity index (χ2n) is 7.65. The number of hydrogen-bond acceptors (Lipinski definition) is 4. The molecule has 0 aliphatic carbocycles. The summed E-state index contributed by atoms with van der Waals surface area (Å²) < 4.78 is 19.7. The molecule has 3 aromatic rings. The van der Waals surface area contributed by atoms with Crippen LogP contribution in [0.25, 0.3) is 11.0 Å². The van der Waals surface area contributed by atoms with Crippen LogP contribution in [0.4, 0.5) is 4.39 Å². The number of aryl methyl sites for hydroxylation is 1. The molecule has 1 atom stereocenters. The van der Waals surface area contributed by atoms with Crippen molar-refractivity contribution in [1.29, 1.82) is 0 Å². The van der Waals surface area contributed by atoms with Gasteiger partial charge < -0.3 is 14.2 Å². The van der Waals surface area contributed by atoms with E-state index in [0.29, 0.717) is 18.7 Å². The van der Waals surface area contributed by atoms with Crippen LogP contribution in [-0.4, -0.2) is 41.9 Å². The van der Waals surface area contributed by atoms with Gasteiger partial charge in [0, 0.05) is 13.1 Å². The summed E-state index contributed by atoms with van der Waals surface area (Å²) in [7, 11) is 0. The third-order valence-electron chi connectivity index (χ3n) is 5.87. The maximum atomic E-state index is 13.8. The van der Waals surface area contributed by atoms with E-state index in [9.17, 15) is 14.0 Å². The monoisotopic (exact) mass is 408 g/mol. The fourth-order valence-electron chi connectivity index (χ4n) is 4.11. The predicted molar refractivity (Wildman–Crippen MR) is 114 cm³/mol. The Labute approximate surface area is 174 Å². The van der Waals surface area contributed by atoms with Gasteiger partial charge in [-0.25, -0.2) is 4.39 Å². The third-order valence-corrected chi connectivity index (χ3v) is 5.87. The lowest BCUT2D eigenvalue weighted by atomic mass is 9.97. The van der Waals surface area contributed by atoms with E-state index in [1.54, 1.807) is 4.90 Å². The van der Waals surface area contributed by atoms with Crippen LogP contribution in [0.2, 0.25) is 0 Å². The number of nitrogens with zero attached hydrogens (tertiary/aromatic N) is 2. The molecule has 0 spiro atoms. The summed E-state index contributed by atoms with van der Waals surface area (Å²) in [6.07, 6.45) is 0. The Morgan fingerprint density at radius 2 is 1.77 bits per heavy atom. The molecule has 0 bridgehead atoms. The molecule has 1 aliphatic rings. The molecule has 5 nitrogen and oxygen atoms in total. The summed E-state index contributed by atoms with van der Waals surface area (Å²) in [5.41, 5.74) is 2.10. The van der Waals surface area contributed by atoms with Crippen LogP contribution in [0.3, 0.4) is 0 Å². The van der Waals surface area contributed by atoms with Gasteiger partial charge in [-0.3, -0.25) is 9.59 Å². The molecule has 0 radical (unpaired) electrons. The quantitative estimate of drug-likeness (QED) is 0.616. The molecule has 0 saturated carbocycles. The molecule has 1 unspecified atom stereocenters. The van der Waals surface area contributed by atoms with Crippen LogP contribution >= 0.6 is 0 Å². The molecule has 1 aliphatic heterocycles. The molecule has 0 saturated heterocycles. The van der Waals surface area contributed by atoms with Gasteiger partial charge in [-0.15, -0.1) is 0 Å². The first kappa shape index (κ1) is 20.3. The van der Waals surface area contributed by atoms with Crippen LogP contribution in [0, 0.1) is 12.7 Å².